The van der Waals surface area contributed by atoms with E-state index in [1.54, 1.807) is 7.11 Å². The Morgan fingerprint density at radius 1 is 1.04 bits per heavy atom. The van der Waals surface area contributed by atoms with Gasteiger partial charge >= 0.3 is 0 Å². The standard InChI is InChI=1S/C23H25NO.FH/c1-16(17-6-4-3-5-7-17)19-10-13-21-22(15-24-23(21)14-19)18-8-11-20(25-2)12-9-18;/h8-15,17,22H,1,3-7H2,2H3;1H. The van der Waals surface area contributed by atoms with E-state index in [4.69, 9.17) is 9.73 Å². The van der Waals surface area contributed by atoms with Crippen LogP contribution in [0.1, 0.15) is 54.7 Å². The van der Waals surface area contributed by atoms with Crippen LogP contribution in [0.3, 0.4) is 0 Å². The van der Waals surface area contributed by atoms with Crippen LogP contribution in [0.15, 0.2) is 54.0 Å². The Morgan fingerprint density at radius 3 is 2.46 bits per heavy atom. The molecule has 2 aromatic rings. The molecule has 0 spiro atoms. The van der Waals surface area contributed by atoms with Crippen molar-refractivity contribution in [1.82, 2.24) is 0 Å². The number of halogens is 1. The summed E-state index contributed by atoms with van der Waals surface area (Å²) in [5, 5.41) is 0. The lowest BCUT2D eigenvalue weighted by atomic mass is 9.81. The molecule has 4 rings (SSSR count). The van der Waals surface area contributed by atoms with E-state index < -0.39 is 0 Å². The molecule has 0 radical (unpaired) electrons. The van der Waals surface area contributed by atoms with Gasteiger partial charge in [0.1, 0.15) is 5.75 Å². The van der Waals surface area contributed by atoms with Crippen LogP contribution in [-0.2, 0) is 0 Å². The second kappa shape index (κ2) is 7.86. The van der Waals surface area contributed by atoms with Crippen LogP contribution in [0, 0.1) is 5.92 Å². The number of ether oxygens (including phenoxy) is 1. The first-order valence-electron chi connectivity index (χ1n) is 9.27. The van der Waals surface area contributed by atoms with Crippen LogP contribution in [0.5, 0.6) is 5.75 Å². The number of nitrogens with zero attached hydrogens (tertiary/aromatic N) is 1. The molecular weight excluding hydrogens is 325 g/mol. The molecule has 2 aromatic carbocycles. The molecule has 1 fully saturated rings. The minimum Gasteiger partial charge on any atom is -0.497 e. The van der Waals surface area contributed by atoms with Gasteiger partial charge < -0.3 is 4.74 Å². The number of hydrogen-bond donors (Lipinski definition) is 0. The molecule has 136 valence electrons. The highest BCUT2D eigenvalue weighted by Crippen LogP contribution is 2.40. The number of methoxy groups -OCH3 is 1. The van der Waals surface area contributed by atoms with Crippen molar-refractivity contribution in [2.24, 2.45) is 10.9 Å². The van der Waals surface area contributed by atoms with Crippen LogP contribution in [0.4, 0.5) is 10.4 Å². The number of rotatable bonds is 4. The zero-order valence-corrected chi connectivity index (χ0v) is 15.3. The molecule has 3 heteroatoms. The van der Waals surface area contributed by atoms with Crippen molar-refractivity contribution in [3.8, 4) is 5.75 Å². The quantitative estimate of drug-likeness (QED) is 0.634. The summed E-state index contributed by atoms with van der Waals surface area (Å²) in [6.45, 7) is 4.40. The molecule has 1 unspecified atom stereocenters. The third kappa shape index (κ3) is 3.44. The lowest BCUT2D eigenvalue weighted by Crippen LogP contribution is -2.08. The topological polar surface area (TPSA) is 21.6 Å². The van der Waals surface area contributed by atoms with Crippen molar-refractivity contribution in [2.45, 2.75) is 38.0 Å². The Morgan fingerprint density at radius 2 is 1.77 bits per heavy atom. The van der Waals surface area contributed by atoms with Gasteiger partial charge in [0, 0.05) is 12.1 Å². The molecule has 1 aliphatic carbocycles. The smallest absolute Gasteiger partial charge is 0.118 e. The van der Waals surface area contributed by atoms with Gasteiger partial charge in [-0.3, -0.25) is 9.70 Å². The molecule has 0 N–H and O–H groups in total. The van der Waals surface area contributed by atoms with E-state index in [9.17, 15) is 0 Å². The predicted molar refractivity (Wildman–Crippen MR) is 108 cm³/mol. The number of benzene rings is 2. The molecule has 0 aromatic heterocycles. The molecule has 2 aliphatic rings. The van der Waals surface area contributed by atoms with Gasteiger partial charge in [-0.05, 0) is 59.2 Å². The van der Waals surface area contributed by atoms with Gasteiger partial charge in [-0.15, -0.1) is 0 Å². The third-order valence-corrected chi connectivity index (χ3v) is 5.67. The summed E-state index contributed by atoms with van der Waals surface area (Å²) in [6, 6.07) is 15.0. The summed E-state index contributed by atoms with van der Waals surface area (Å²) in [4.78, 5) is 4.69. The van der Waals surface area contributed by atoms with Crippen LogP contribution in [0.2, 0.25) is 0 Å². The van der Waals surface area contributed by atoms with Gasteiger partial charge in [0.05, 0.1) is 12.8 Å². The molecule has 26 heavy (non-hydrogen) atoms. The molecule has 1 saturated carbocycles. The molecule has 1 aliphatic heterocycles. The summed E-state index contributed by atoms with van der Waals surface area (Å²) in [5.41, 5.74) is 6.19. The zero-order valence-electron chi connectivity index (χ0n) is 15.3. The largest absolute Gasteiger partial charge is 0.497 e. The number of aliphatic imine (C=N–C) groups is 1. The lowest BCUT2D eigenvalue weighted by molar-refractivity contribution is 0.414. The average molecular weight is 351 g/mol. The van der Waals surface area contributed by atoms with Crippen molar-refractivity contribution >= 4 is 17.5 Å². The Balaban J connectivity index is 0.00000196. The van der Waals surface area contributed by atoms with Crippen LogP contribution < -0.4 is 4.74 Å². The molecule has 0 bridgehead atoms. The minimum absolute atomic E-state index is 0. The Hall–Kier alpha value is -2.42. The Labute approximate surface area is 155 Å². The second-order valence-corrected chi connectivity index (χ2v) is 7.16. The third-order valence-electron chi connectivity index (χ3n) is 5.67. The van der Waals surface area contributed by atoms with Gasteiger partial charge in [0.15, 0.2) is 0 Å². The van der Waals surface area contributed by atoms with Crippen molar-refractivity contribution in [1.29, 1.82) is 0 Å². The van der Waals surface area contributed by atoms with E-state index in [1.165, 1.54) is 54.4 Å². The van der Waals surface area contributed by atoms with Crippen LogP contribution >= 0.6 is 0 Å². The lowest BCUT2D eigenvalue weighted by Gasteiger charge is -2.24. The summed E-state index contributed by atoms with van der Waals surface area (Å²) in [7, 11) is 1.70. The number of fused-ring (bicyclic) bond motifs is 1. The fraction of sp³-hybridized carbons (Fsp3) is 0.348. The Bertz CT molecular complexity index is 803. The van der Waals surface area contributed by atoms with Gasteiger partial charge in [0.2, 0.25) is 0 Å². The van der Waals surface area contributed by atoms with E-state index in [0.717, 1.165) is 11.4 Å². The highest BCUT2D eigenvalue weighted by Gasteiger charge is 2.23. The maximum absolute atomic E-state index is 5.26. The highest BCUT2D eigenvalue weighted by atomic mass is 19.0. The van der Waals surface area contributed by atoms with Gasteiger partial charge in [-0.2, -0.15) is 0 Å². The Kier molecular flexibility index (Phi) is 5.55. The first-order valence-corrected chi connectivity index (χ1v) is 9.27. The predicted octanol–water partition coefficient (Wildman–Crippen LogP) is 6.29. The van der Waals surface area contributed by atoms with Crippen molar-refractivity contribution in [3.05, 3.63) is 65.7 Å². The minimum atomic E-state index is 0. The molecular formula is C23H26FNO. The molecule has 1 heterocycles. The number of allylic oxidation sites excluding steroid dienone is 1. The zero-order chi connectivity index (χ0) is 17.2. The summed E-state index contributed by atoms with van der Waals surface area (Å²) in [5.74, 6) is 1.77. The molecule has 1 atom stereocenters. The van der Waals surface area contributed by atoms with E-state index >= 15 is 0 Å². The van der Waals surface area contributed by atoms with Crippen molar-refractivity contribution in [3.63, 3.8) is 0 Å². The van der Waals surface area contributed by atoms with Crippen LogP contribution in [0.25, 0.3) is 5.57 Å². The molecule has 0 amide bonds. The summed E-state index contributed by atoms with van der Waals surface area (Å²) in [6.07, 6.45) is 8.68. The van der Waals surface area contributed by atoms with Crippen molar-refractivity contribution < 1.29 is 9.44 Å². The van der Waals surface area contributed by atoms with Gasteiger partial charge in [-0.25, -0.2) is 0 Å². The molecule has 2 nitrogen and oxygen atoms in total. The first-order chi connectivity index (χ1) is 12.3. The maximum Gasteiger partial charge on any atom is 0.118 e. The van der Waals surface area contributed by atoms with E-state index in [1.807, 2.05) is 12.1 Å². The van der Waals surface area contributed by atoms with E-state index in [0.29, 0.717) is 5.92 Å². The van der Waals surface area contributed by atoms with Gasteiger partial charge in [-0.1, -0.05) is 50.1 Å². The monoisotopic (exact) mass is 351 g/mol. The molecule has 0 saturated heterocycles. The fourth-order valence-corrected chi connectivity index (χ4v) is 4.12. The fourth-order valence-electron chi connectivity index (χ4n) is 4.12. The van der Waals surface area contributed by atoms with Crippen molar-refractivity contribution in [2.75, 3.05) is 7.11 Å². The maximum atomic E-state index is 5.26. The summed E-state index contributed by atoms with van der Waals surface area (Å²) >= 11 is 0. The SMILES string of the molecule is C=C(c1ccc2c(c1)N=CC2c1ccc(OC)cc1)C1CCCCC1.F. The van der Waals surface area contributed by atoms with E-state index in [-0.39, 0.29) is 10.6 Å². The average Bonchev–Trinajstić information content (AvgIpc) is 3.11. The first kappa shape index (κ1) is 18.4. The van der Waals surface area contributed by atoms with Crippen LogP contribution in [-0.4, -0.2) is 13.3 Å². The summed E-state index contributed by atoms with van der Waals surface area (Å²) < 4.78 is 5.26. The normalized spacial score (nSPS) is 18.9. The highest BCUT2D eigenvalue weighted by molar-refractivity contribution is 5.85. The van der Waals surface area contributed by atoms with E-state index in [2.05, 4.69) is 43.1 Å². The number of hydrogen-bond acceptors (Lipinski definition) is 2. The van der Waals surface area contributed by atoms with Gasteiger partial charge in [0.25, 0.3) is 0 Å². The second-order valence-electron chi connectivity index (χ2n) is 7.16.